The van der Waals surface area contributed by atoms with Crippen molar-refractivity contribution in [1.29, 1.82) is 0 Å². The van der Waals surface area contributed by atoms with Crippen LogP contribution in [0.25, 0.3) is 0 Å². The largest absolute Gasteiger partial charge is 0.408 e. The smallest absolute Gasteiger partial charge is 0.209 e. The van der Waals surface area contributed by atoms with E-state index in [0.717, 1.165) is 0 Å². The minimum Gasteiger partial charge on any atom is -0.408 e. The monoisotopic (exact) mass is 220 g/mol. The molecule has 82 valence electrons. The number of hydrogen-bond donors (Lipinski definition) is 0. The van der Waals surface area contributed by atoms with Crippen molar-refractivity contribution >= 4 is 14.2 Å². The van der Waals surface area contributed by atoms with E-state index in [4.69, 9.17) is 4.43 Å². The number of fused-ring (bicyclic) bond motifs is 1. The van der Waals surface area contributed by atoms with Gasteiger partial charge in [-0.25, -0.2) is 0 Å². The lowest BCUT2D eigenvalue weighted by Gasteiger charge is -2.12. The first-order valence-electron chi connectivity index (χ1n) is 6.11. The Kier molecular flexibility index (Phi) is 3.60. The Morgan fingerprint density at radius 2 is 2.07 bits per heavy atom. The van der Waals surface area contributed by atoms with Gasteiger partial charge in [0.15, 0.2) is 0 Å². The fraction of sp³-hybridized carbons (Fsp3) is 0.538. The van der Waals surface area contributed by atoms with Crippen LogP contribution in [0.15, 0.2) is 24.3 Å². The van der Waals surface area contributed by atoms with E-state index in [1.165, 1.54) is 30.9 Å². The number of benzene rings is 1. The van der Waals surface area contributed by atoms with Gasteiger partial charge in [-0.3, -0.25) is 0 Å². The van der Waals surface area contributed by atoms with Gasteiger partial charge < -0.3 is 4.43 Å². The molecular weight excluding hydrogens is 200 g/mol. The third-order valence-electron chi connectivity index (χ3n) is 3.21. The molecule has 0 spiro atoms. The van der Waals surface area contributed by atoms with Gasteiger partial charge in [0.25, 0.3) is 0 Å². The van der Waals surface area contributed by atoms with Gasteiger partial charge in [-0.05, 0) is 23.2 Å². The maximum atomic E-state index is 6.22. The average Bonchev–Trinajstić information content (AvgIpc) is 2.65. The molecule has 0 radical (unpaired) electrons. The van der Waals surface area contributed by atoms with E-state index < -0.39 is 9.04 Å². The molecule has 0 bridgehead atoms. The van der Waals surface area contributed by atoms with E-state index >= 15 is 0 Å². The van der Waals surface area contributed by atoms with Gasteiger partial charge in [0.2, 0.25) is 9.04 Å². The first-order chi connectivity index (χ1) is 7.36. The summed E-state index contributed by atoms with van der Waals surface area (Å²) in [5.74, 6) is 0. The van der Waals surface area contributed by atoms with Gasteiger partial charge in [-0.1, -0.05) is 51.0 Å². The van der Waals surface area contributed by atoms with Gasteiger partial charge in [0, 0.05) is 0 Å². The van der Waals surface area contributed by atoms with Crippen molar-refractivity contribution in [2.45, 2.75) is 45.3 Å². The summed E-state index contributed by atoms with van der Waals surface area (Å²) in [5.41, 5.74) is 1.49. The van der Waals surface area contributed by atoms with E-state index in [0.29, 0.717) is 6.10 Å². The second kappa shape index (κ2) is 4.95. The summed E-state index contributed by atoms with van der Waals surface area (Å²) in [6.45, 7) is 4.51. The Morgan fingerprint density at radius 3 is 2.80 bits per heavy atom. The Hall–Kier alpha value is -0.603. The zero-order valence-corrected chi connectivity index (χ0v) is 10.9. The maximum absolute atomic E-state index is 6.22. The Balaban J connectivity index is 2.18. The van der Waals surface area contributed by atoms with Crippen LogP contribution in [0.2, 0.25) is 6.04 Å². The molecule has 0 aromatic heterocycles. The van der Waals surface area contributed by atoms with Gasteiger partial charge >= 0.3 is 0 Å². The van der Waals surface area contributed by atoms with Crippen LogP contribution in [-0.2, 0) is 4.43 Å². The van der Waals surface area contributed by atoms with Crippen LogP contribution in [0.1, 0.15) is 44.8 Å². The van der Waals surface area contributed by atoms with Gasteiger partial charge in [0.05, 0.1) is 6.10 Å². The van der Waals surface area contributed by atoms with Crippen molar-refractivity contribution in [3.63, 3.8) is 0 Å². The molecule has 0 fully saturated rings. The lowest BCUT2D eigenvalue weighted by atomic mass is 10.0. The molecule has 0 saturated carbocycles. The molecule has 2 atom stereocenters. The van der Waals surface area contributed by atoms with Gasteiger partial charge in [-0.15, -0.1) is 0 Å². The molecule has 1 aliphatic rings. The van der Waals surface area contributed by atoms with Crippen molar-refractivity contribution in [2.24, 2.45) is 0 Å². The molecule has 2 unspecified atom stereocenters. The summed E-state index contributed by atoms with van der Waals surface area (Å²) in [7, 11) is -1.06. The topological polar surface area (TPSA) is 9.23 Å². The highest BCUT2D eigenvalue weighted by Gasteiger charge is 2.30. The maximum Gasteiger partial charge on any atom is 0.209 e. The van der Waals surface area contributed by atoms with Crippen LogP contribution in [0.5, 0.6) is 0 Å². The summed E-state index contributed by atoms with van der Waals surface area (Å²) in [5, 5.41) is 1.56. The highest BCUT2D eigenvalue weighted by atomic mass is 28.3. The molecule has 1 nitrogen and oxygen atoms in total. The molecule has 1 aromatic rings. The Labute approximate surface area is 94.2 Å². The number of rotatable bonds is 4. The van der Waals surface area contributed by atoms with Gasteiger partial charge in [0.1, 0.15) is 0 Å². The quantitative estimate of drug-likeness (QED) is 0.709. The van der Waals surface area contributed by atoms with Crippen molar-refractivity contribution in [2.75, 3.05) is 0 Å². The number of unbranched alkanes of at least 4 members (excludes halogenated alkanes) is 1. The molecule has 15 heavy (non-hydrogen) atoms. The zero-order chi connectivity index (χ0) is 10.7. The van der Waals surface area contributed by atoms with Crippen LogP contribution in [0.4, 0.5) is 0 Å². The van der Waals surface area contributed by atoms with Crippen molar-refractivity contribution in [3.8, 4) is 0 Å². The third-order valence-corrected chi connectivity index (χ3v) is 5.83. The van der Waals surface area contributed by atoms with Gasteiger partial charge in [-0.2, -0.15) is 0 Å². The van der Waals surface area contributed by atoms with E-state index in [-0.39, 0.29) is 0 Å². The molecule has 0 amide bonds. The normalized spacial score (nSPS) is 24.1. The zero-order valence-electron chi connectivity index (χ0n) is 9.70. The fourth-order valence-corrected chi connectivity index (χ4v) is 4.81. The van der Waals surface area contributed by atoms with Crippen LogP contribution >= 0.6 is 0 Å². The minimum absolute atomic E-state index is 0.415. The molecule has 0 aliphatic carbocycles. The molecule has 2 heteroatoms. The average molecular weight is 220 g/mol. The molecule has 2 rings (SSSR count). The molecule has 1 aromatic carbocycles. The van der Waals surface area contributed by atoms with E-state index in [9.17, 15) is 0 Å². The lowest BCUT2D eigenvalue weighted by molar-refractivity contribution is 0.208. The van der Waals surface area contributed by atoms with Crippen molar-refractivity contribution in [1.82, 2.24) is 0 Å². The Bertz CT molecular complexity index is 324. The van der Waals surface area contributed by atoms with E-state index in [1.807, 2.05) is 0 Å². The predicted octanol–water partition coefficient (Wildman–Crippen LogP) is 2.90. The molecule has 1 aliphatic heterocycles. The van der Waals surface area contributed by atoms with Crippen LogP contribution in [0.3, 0.4) is 0 Å². The van der Waals surface area contributed by atoms with E-state index in [1.54, 1.807) is 5.19 Å². The first-order valence-corrected chi connectivity index (χ1v) is 7.97. The minimum atomic E-state index is -1.06. The fourth-order valence-electron chi connectivity index (χ4n) is 2.37. The van der Waals surface area contributed by atoms with Crippen LogP contribution in [0, 0.1) is 0 Å². The summed E-state index contributed by atoms with van der Waals surface area (Å²) < 4.78 is 6.22. The second-order valence-corrected chi connectivity index (χ2v) is 6.98. The molecule has 0 N–H and O–H groups in total. The van der Waals surface area contributed by atoms with Crippen molar-refractivity contribution in [3.05, 3.63) is 29.8 Å². The van der Waals surface area contributed by atoms with Crippen molar-refractivity contribution < 1.29 is 4.43 Å². The highest BCUT2D eigenvalue weighted by Crippen LogP contribution is 2.29. The van der Waals surface area contributed by atoms with Crippen LogP contribution in [-0.4, -0.2) is 9.04 Å². The number of hydrogen-bond acceptors (Lipinski definition) is 1. The summed E-state index contributed by atoms with van der Waals surface area (Å²) in [4.78, 5) is 0. The first kappa shape index (κ1) is 10.9. The predicted molar refractivity (Wildman–Crippen MR) is 67.1 cm³/mol. The Morgan fingerprint density at radius 1 is 1.27 bits per heavy atom. The lowest BCUT2D eigenvalue weighted by Crippen LogP contribution is -2.26. The van der Waals surface area contributed by atoms with Crippen LogP contribution < -0.4 is 5.19 Å². The summed E-state index contributed by atoms with van der Waals surface area (Å²) in [6, 6.07) is 10.1. The third kappa shape index (κ3) is 2.16. The molecule has 1 heterocycles. The standard InChI is InChI=1S/C13H20OSi/c1-3-5-9-12-11-8-6-7-10-13(11)15(4-2)14-12/h6-8,10,12,15H,3-5,9H2,1-2H3. The highest BCUT2D eigenvalue weighted by molar-refractivity contribution is 6.68. The summed E-state index contributed by atoms with van der Waals surface area (Å²) in [6.07, 6.45) is 4.17. The second-order valence-electron chi connectivity index (χ2n) is 4.29. The SMILES string of the molecule is CCCCC1O[SiH](CC)c2ccccc21. The molecule has 0 saturated heterocycles. The molecular formula is C13H20OSi. The van der Waals surface area contributed by atoms with E-state index in [2.05, 4.69) is 38.1 Å². The summed E-state index contributed by atoms with van der Waals surface area (Å²) >= 11 is 0.